The number of hydrogen-bond donors (Lipinski definition) is 1. The molecule has 0 amide bonds. The maximum absolute atomic E-state index is 14.4. The van der Waals surface area contributed by atoms with Crippen LogP contribution < -0.4 is 11.1 Å². The molecule has 3 heterocycles. The van der Waals surface area contributed by atoms with Crippen LogP contribution in [0, 0.1) is 29.2 Å². The highest BCUT2D eigenvalue weighted by molar-refractivity contribution is 7.99. The van der Waals surface area contributed by atoms with Crippen molar-refractivity contribution < 1.29 is 22.0 Å². The van der Waals surface area contributed by atoms with Gasteiger partial charge in [-0.15, -0.1) is 11.3 Å². The average molecular weight is 472 g/mol. The number of rotatable bonds is 5. The largest absolute Gasteiger partial charge is 0.294 e. The molecule has 0 aliphatic heterocycles. The molecule has 1 N–H and O–H groups in total. The quantitative estimate of drug-likeness (QED) is 0.208. The van der Waals surface area contributed by atoms with Gasteiger partial charge in [0, 0.05) is 29.5 Å². The highest BCUT2D eigenvalue weighted by Crippen LogP contribution is 2.25. The molecule has 0 aliphatic rings. The van der Waals surface area contributed by atoms with Gasteiger partial charge in [-0.2, -0.15) is 4.39 Å². The van der Waals surface area contributed by atoms with Gasteiger partial charge >= 0.3 is 0 Å². The Balaban J connectivity index is 1.76. The molecule has 13 heteroatoms. The monoisotopic (exact) mass is 472 g/mol. The molecule has 0 bridgehead atoms. The fraction of sp³-hybridized carbons (Fsp3) is 0.111. The molecule has 0 aliphatic carbocycles. The van der Waals surface area contributed by atoms with E-state index in [1.54, 1.807) is 4.98 Å². The van der Waals surface area contributed by atoms with E-state index in [4.69, 9.17) is 0 Å². The lowest BCUT2D eigenvalue weighted by atomic mass is 10.1. The van der Waals surface area contributed by atoms with Crippen molar-refractivity contribution in [1.82, 2.24) is 19.5 Å². The third-order valence-corrected chi connectivity index (χ3v) is 5.94. The summed E-state index contributed by atoms with van der Waals surface area (Å²) in [5, 5.41) is -0.142. The van der Waals surface area contributed by atoms with Gasteiger partial charge in [0.2, 0.25) is 5.95 Å². The molecule has 0 saturated carbocycles. The van der Waals surface area contributed by atoms with Gasteiger partial charge in [0.1, 0.15) is 27.8 Å². The van der Waals surface area contributed by atoms with Crippen molar-refractivity contribution in [3.63, 3.8) is 0 Å². The van der Waals surface area contributed by atoms with Crippen molar-refractivity contribution in [1.29, 1.82) is 0 Å². The molecule has 0 atom stereocenters. The zero-order valence-corrected chi connectivity index (χ0v) is 16.7. The van der Waals surface area contributed by atoms with Crippen LogP contribution in [0.4, 0.5) is 22.0 Å². The number of aromatic amines is 1. The first-order valence-corrected chi connectivity index (χ1v) is 10.3. The van der Waals surface area contributed by atoms with Crippen LogP contribution in [-0.4, -0.2) is 25.3 Å². The van der Waals surface area contributed by atoms with Gasteiger partial charge in [-0.3, -0.25) is 14.6 Å². The van der Waals surface area contributed by atoms with Crippen LogP contribution >= 0.6 is 23.1 Å². The number of hydrogen-bond acceptors (Lipinski definition) is 6. The van der Waals surface area contributed by atoms with E-state index in [0.29, 0.717) is 18.2 Å². The highest BCUT2D eigenvalue weighted by Gasteiger charge is 2.20. The summed E-state index contributed by atoms with van der Waals surface area (Å²) in [6, 6.07) is 1.63. The maximum Gasteiger partial charge on any atom is 0.286 e. The summed E-state index contributed by atoms with van der Waals surface area (Å²) >= 11 is 1.75. The third-order valence-electron chi connectivity index (χ3n) is 4.20. The van der Waals surface area contributed by atoms with E-state index in [0.717, 1.165) is 27.7 Å². The molecule has 0 fully saturated rings. The number of fused-ring (bicyclic) bond motifs is 1. The van der Waals surface area contributed by atoms with Crippen molar-refractivity contribution in [2.45, 2.75) is 11.6 Å². The molecule has 0 saturated heterocycles. The molecule has 31 heavy (non-hydrogen) atoms. The second-order valence-corrected chi connectivity index (χ2v) is 8.05. The lowest BCUT2D eigenvalue weighted by Gasteiger charge is -2.12. The Hall–Kier alpha value is -3.06. The molecular formula is C18H9F5N4O2S2. The summed E-state index contributed by atoms with van der Waals surface area (Å²) in [5.41, 5.74) is -1.65. The van der Waals surface area contributed by atoms with Gasteiger partial charge in [-0.1, -0.05) is 11.8 Å². The van der Waals surface area contributed by atoms with E-state index >= 15 is 0 Å². The predicted octanol–water partition coefficient (Wildman–Crippen LogP) is 3.56. The first-order chi connectivity index (χ1) is 14.8. The molecule has 6 nitrogen and oxygen atoms in total. The number of pyridine rings is 1. The summed E-state index contributed by atoms with van der Waals surface area (Å²) in [6.07, 6.45) is -0.212. The van der Waals surface area contributed by atoms with E-state index in [2.05, 4.69) is 9.97 Å². The Morgan fingerprint density at radius 3 is 2.45 bits per heavy atom. The zero-order valence-electron chi connectivity index (χ0n) is 15.1. The number of benzene rings is 1. The smallest absolute Gasteiger partial charge is 0.286 e. The van der Waals surface area contributed by atoms with Crippen LogP contribution in [0.5, 0.6) is 0 Å². The predicted molar refractivity (Wildman–Crippen MR) is 104 cm³/mol. The number of thiazole rings is 1. The molecule has 0 radical (unpaired) electrons. The number of nitrogens with zero attached hydrogens (tertiary/aromatic N) is 3. The van der Waals surface area contributed by atoms with Crippen LogP contribution in [0.2, 0.25) is 0 Å². The summed E-state index contributed by atoms with van der Waals surface area (Å²) in [4.78, 5) is 33.9. The minimum absolute atomic E-state index is 0.0466. The SMILES string of the molecule is O=c1[nH]c(F)c(-n2c(SCCc3c(F)cc(F)cc3F)nc3ncsc3c2=O)cc1F. The number of thioether (sulfide) groups is 1. The van der Waals surface area contributed by atoms with Crippen LogP contribution in [0.25, 0.3) is 16.0 Å². The first-order valence-electron chi connectivity index (χ1n) is 8.47. The van der Waals surface area contributed by atoms with E-state index in [1.165, 1.54) is 5.51 Å². The summed E-state index contributed by atoms with van der Waals surface area (Å²) < 4.78 is 69.7. The van der Waals surface area contributed by atoms with Crippen LogP contribution in [0.1, 0.15) is 5.56 Å². The number of aromatic nitrogens is 4. The maximum atomic E-state index is 14.4. The Kier molecular flexibility index (Phi) is 5.62. The van der Waals surface area contributed by atoms with Crippen molar-refractivity contribution in [2.24, 2.45) is 0 Å². The minimum atomic E-state index is -1.32. The van der Waals surface area contributed by atoms with Gasteiger partial charge in [0.05, 0.1) is 5.51 Å². The molecule has 4 aromatic rings. The minimum Gasteiger partial charge on any atom is -0.294 e. The summed E-state index contributed by atoms with van der Waals surface area (Å²) in [5.74, 6) is -5.85. The second-order valence-electron chi connectivity index (χ2n) is 6.13. The van der Waals surface area contributed by atoms with Gasteiger partial charge in [-0.05, 0) is 6.42 Å². The molecule has 4 rings (SSSR count). The summed E-state index contributed by atoms with van der Waals surface area (Å²) in [6.45, 7) is 0. The number of halogens is 5. The second kappa shape index (κ2) is 8.23. The van der Waals surface area contributed by atoms with Crippen molar-refractivity contribution in [2.75, 3.05) is 5.75 Å². The molecule has 160 valence electrons. The van der Waals surface area contributed by atoms with E-state index < -0.39 is 46.0 Å². The Morgan fingerprint density at radius 1 is 1.03 bits per heavy atom. The van der Waals surface area contributed by atoms with Gasteiger partial charge in [-0.25, -0.2) is 32.1 Å². The van der Waals surface area contributed by atoms with E-state index in [9.17, 15) is 31.5 Å². The normalized spacial score (nSPS) is 11.4. The molecule has 1 aromatic carbocycles. The van der Waals surface area contributed by atoms with Crippen LogP contribution in [0.3, 0.4) is 0 Å². The van der Waals surface area contributed by atoms with E-state index in [1.807, 2.05) is 0 Å². The first kappa shape index (κ1) is 21.2. The average Bonchev–Trinajstić information content (AvgIpc) is 3.16. The van der Waals surface area contributed by atoms with Crippen molar-refractivity contribution >= 4 is 33.4 Å². The molecule has 3 aromatic heterocycles. The van der Waals surface area contributed by atoms with Gasteiger partial charge in [0.25, 0.3) is 11.1 Å². The molecular weight excluding hydrogens is 463 g/mol. The number of H-pyrrole nitrogens is 1. The highest BCUT2D eigenvalue weighted by atomic mass is 32.2. The van der Waals surface area contributed by atoms with Gasteiger partial charge in [0.15, 0.2) is 16.6 Å². The number of nitrogens with one attached hydrogen (secondary N) is 1. The topological polar surface area (TPSA) is 80.6 Å². The van der Waals surface area contributed by atoms with E-state index in [-0.39, 0.29) is 33.2 Å². The van der Waals surface area contributed by atoms with Crippen molar-refractivity contribution in [3.8, 4) is 5.69 Å². The van der Waals surface area contributed by atoms with Crippen LogP contribution in [0.15, 0.2) is 38.5 Å². The lowest BCUT2D eigenvalue weighted by Crippen LogP contribution is -2.25. The standard InChI is InChI=1S/C18H9F5N4O2S2/c19-7-3-9(20)8(10(21)4-7)1-2-30-18-26-15-13(31-6-24-15)17(29)27(18)12-5-11(22)16(28)25-14(12)23/h3-6H,1-2H2,(H,25,28). The Bertz CT molecular complexity index is 1410. The van der Waals surface area contributed by atoms with Crippen LogP contribution in [-0.2, 0) is 6.42 Å². The Labute approximate surface area is 177 Å². The fourth-order valence-electron chi connectivity index (χ4n) is 2.79. The summed E-state index contributed by atoms with van der Waals surface area (Å²) in [7, 11) is 0. The zero-order chi connectivity index (χ0) is 22.3. The fourth-order valence-corrected chi connectivity index (χ4v) is 4.40. The molecule has 0 spiro atoms. The Morgan fingerprint density at radius 2 is 1.74 bits per heavy atom. The van der Waals surface area contributed by atoms with Gasteiger partial charge < -0.3 is 0 Å². The molecule has 0 unspecified atom stereocenters. The lowest BCUT2D eigenvalue weighted by molar-refractivity contribution is 0.526. The third kappa shape index (κ3) is 3.97. The van der Waals surface area contributed by atoms with Crippen molar-refractivity contribution in [3.05, 3.63) is 79.2 Å².